The molecule has 0 amide bonds. The van der Waals surface area contributed by atoms with Crippen LogP contribution in [0.15, 0.2) is 54.6 Å². The van der Waals surface area contributed by atoms with Crippen LogP contribution in [0.2, 0.25) is 0 Å². The molecule has 2 rings (SSSR count). The summed E-state index contributed by atoms with van der Waals surface area (Å²) in [5, 5.41) is 9.88. The largest absolute Gasteiger partial charge is 0.508 e. The number of benzene rings is 2. The number of hydrogen-bond donors (Lipinski definition) is 1. The van der Waals surface area contributed by atoms with Gasteiger partial charge in [0.1, 0.15) is 5.75 Å². The molecule has 2 nitrogen and oxygen atoms in total. The van der Waals surface area contributed by atoms with E-state index in [0.29, 0.717) is 5.75 Å². The Balaban J connectivity index is 1.58. The van der Waals surface area contributed by atoms with Crippen molar-refractivity contribution in [2.75, 3.05) is 6.61 Å². The summed E-state index contributed by atoms with van der Waals surface area (Å²) in [5.41, 5.74) is 2.13. The molecule has 0 aliphatic rings. The number of rotatable bonds is 10. The molecule has 0 bridgehead atoms. The van der Waals surface area contributed by atoms with Gasteiger partial charge in [-0.15, -0.1) is 0 Å². The number of phenolic OH excluding ortho intramolecular Hbond substituents is 1. The fourth-order valence-corrected chi connectivity index (χ4v) is 2.95. The van der Waals surface area contributed by atoms with E-state index in [4.69, 9.17) is 4.74 Å². The lowest BCUT2D eigenvalue weighted by molar-refractivity contribution is -0.0190. The number of aryl methyl sites for hydroxylation is 1. The van der Waals surface area contributed by atoms with Crippen molar-refractivity contribution in [3.63, 3.8) is 0 Å². The van der Waals surface area contributed by atoms with Crippen LogP contribution in [0.3, 0.4) is 0 Å². The molecule has 0 aliphatic heterocycles. The van der Waals surface area contributed by atoms with Crippen LogP contribution < -0.4 is 0 Å². The third-order valence-electron chi connectivity index (χ3n) is 4.30. The van der Waals surface area contributed by atoms with Gasteiger partial charge < -0.3 is 9.84 Å². The first kappa shape index (κ1) is 18.5. The Hall–Kier alpha value is -1.80. The second-order valence-corrected chi connectivity index (χ2v) is 7.06. The van der Waals surface area contributed by atoms with E-state index in [9.17, 15) is 5.11 Å². The first-order valence-corrected chi connectivity index (χ1v) is 9.02. The maximum absolute atomic E-state index is 9.88. The second kappa shape index (κ2) is 9.48. The molecular weight excluding hydrogens is 296 g/mol. The number of para-hydroxylation sites is 1. The van der Waals surface area contributed by atoms with Crippen molar-refractivity contribution < 1.29 is 9.84 Å². The summed E-state index contributed by atoms with van der Waals surface area (Å²) in [6, 6.07) is 18.2. The fraction of sp³-hybridized carbons (Fsp3) is 0.455. The molecule has 0 fully saturated rings. The molecule has 2 aromatic carbocycles. The van der Waals surface area contributed by atoms with Crippen LogP contribution >= 0.6 is 0 Å². The Morgan fingerprint density at radius 2 is 1.50 bits per heavy atom. The van der Waals surface area contributed by atoms with E-state index < -0.39 is 0 Å². The first-order valence-electron chi connectivity index (χ1n) is 9.02. The summed E-state index contributed by atoms with van der Waals surface area (Å²) in [4.78, 5) is 0. The number of phenols is 1. The summed E-state index contributed by atoms with van der Waals surface area (Å²) in [7, 11) is 0. The van der Waals surface area contributed by atoms with E-state index in [1.807, 2.05) is 18.2 Å². The number of unbranched alkanes of at least 4 members (excludes halogenated alkanes) is 3. The number of hydrogen-bond acceptors (Lipinski definition) is 2. The summed E-state index contributed by atoms with van der Waals surface area (Å²) < 4.78 is 6.04. The van der Waals surface area contributed by atoms with Crippen molar-refractivity contribution >= 4 is 0 Å². The summed E-state index contributed by atoms with van der Waals surface area (Å²) >= 11 is 0. The zero-order chi connectivity index (χ0) is 17.3. The highest BCUT2D eigenvalue weighted by Gasteiger charge is 2.20. The quantitative estimate of drug-likeness (QED) is 0.581. The van der Waals surface area contributed by atoms with Gasteiger partial charge in [-0.1, -0.05) is 61.4 Å². The highest BCUT2D eigenvalue weighted by atomic mass is 16.5. The molecule has 0 aliphatic carbocycles. The van der Waals surface area contributed by atoms with Crippen molar-refractivity contribution in [3.05, 3.63) is 65.7 Å². The van der Waals surface area contributed by atoms with Gasteiger partial charge in [-0.3, -0.25) is 0 Å². The highest BCUT2D eigenvalue weighted by molar-refractivity contribution is 5.32. The minimum absolute atomic E-state index is 0.247. The average Bonchev–Trinajstić information content (AvgIpc) is 2.57. The molecule has 2 aromatic rings. The predicted octanol–water partition coefficient (Wildman–Crippen LogP) is 5.53. The highest BCUT2D eigenvalue weighted by Crippen LogP contribution is 2.24. The molecule has 0 saturated heterocycles. The van der Waals surface area contributed by atoms with Crippen LogP contribution in [0.1, 0.15) is 50.7 Å². The third kappa shape index (κ3) is 6.76. The number of ether oxygens (including phenoxy) is 1. The van der Waals surface area contributed by atoms with Crippen molar-refractivity contribution in [3.8, 4) is 5.75 Å². The van der Waals surface area contributed by atoms with Crippen LogP contribution in [0.5, 0.6) is 5.75 Å². The Morgan fingerprint density at radius 3 is 2.25 bits per heavy atom. The predicted molar refractivity (Wildman–Crippen MR) is 100 cm³/mol. The van der Waals surface area contributed by atoms with Gasteiger partial charge >= 0.3 is 0 Å². The maximum Gasteiger partial charge on any atom is 0.118 e. The minimum Gasteiger partial charge on any atom is -0.508 e. The minimum atomic E-state index is -0.247. The molecular formula is C22H30O2. The monoisotopic (exact) mass is 326 g/mol. The average molecular weight is 326 g/mol. The third-order valence-corrected chi connectivity index (χ3v) is 4.30. The van der Waals surface area contributed by atoms with E-state index in [1.54, 1.807) is 6.07 Å². The molecule has 130 valence electrons. The fourth-order valence-electron chi connectivity index (χ4n) is 2.95. The van der Waals surface area contributed by atoms with Gasteiger partial charge in [-0.05, 0) is 50.3 Å². The van der Waals surface area contributed by atoms with Gasteiger partial charge in [-0.25, -0.2) is 0 Å². The smallest absolute Gasteiger partial charge is 0.118 e. The molecule has 0 saturated carbocycles. The molecule has 24 heavy (non-hydrogen) atoms. The lowest BCUT2D eigenvalue weighted by Gasteiger charge is -2.26. The lowest BCUT2D eigenvalue weighted by Crippen LogP contribution is -2.28. The molecule has 0 heterocycles. The summed E-state index contributed by atoms with van der Waals surface area (Å²) in [5.74, 6) is 0.357. The van der Waals surface area contributed by atoms with Gasteiger partial charge in [0, 0.05) is 13.0 Å². The first-order chi connectivity index (χ1) is 11.6. The molecule has 0 unspecified atom stereocenters. The molecule has 0 aromatic heterocycles. The Bertz CT molecular complexity index is 590. The van der Waals surface area contributed by atoms with Gasteiger partial charge in [0.25, 0.3) is 0 Å². The second-order valence-electron chi connectivity index (χ2n) is 7.06. The molecule has 0 atom stereocenters. The topological polar surface area (TPSA) is 29.5 Å². The lowest BCUT2D eigenvalue weighted by atomic mass is 9.97. The zero-order valence-electron chi connectivity index (χ0n) is 15.0. The van der Waals surface area contributed by atoms with E-state index in [2.05, 4.69) is 44.2 Å². The van der Waals surface area contributed by atoms with Crippen LogP contribution in [0.25, 0.3) is 0 Å². The normalized spacial score (nSPS) is 11.6. The van der Waals surface area contributed by atoms with E-state index >= 15 is 0 Å². The van der Waals surface area contributed by atoms with Crippen LogP contribution in [0, 0.1) is 0 Å². The summed E-state index contributed by atoms with van der Waals surface area (Å²) in [6.07, 6.45) is 6.69. The van der Waals surface area contributed by atoms with Crippen molar-refractivity contribution in [1.29, 1.82) is 0 Å². The zero-order valence-corrected chi connectivity index (χ0v) is 15.0. The maximum atomic E-state index is 9.88. The van der Waals surface area contributed by atoms with E-state index in [0.717, 1.165) is 25.0 Å². The van der Waals surface area contributed by atoms with Crippen LogP contribution in [0.4, 0.5) is 0 Å². The summed E-state index contributed by atoms with van der Waals surface area (Å²) in [6.45, 7) is 4.97. The van der Waals surface area contributed by atoms with Gasteiger partial charge in [0.15, 0.2) is 0 Å². The van der Waals surface area contributed by atoms with Crippen LogP contribution in [-0.4, -0.2) is 17.3 Å². The van der Waals surface area contributed by atoms with Crippen molar-refractivity contribution in [2.45, 2.75) is 58.0 Å². The van der Waals surface area contributed by atoms with Gasteiger partial charge in [0.2, 0.25) is 0 Å². The molecule has 0 spiro atoms. The van der Waals surface area contributed by atoms with E-state index in [-0.39, 0.29) is 5.60 Å². The van der Waals surface area contributed by atoms with Crippen LogP contribution in [-0.2, 0) is 17.6 Å². The molecule has 0 radical (unpaired) electrons. The number of aromatic hydroxyl groups is 1. The van der Waals surface area contributed by atoms with Crippen molar-refractivity contribution in [1.82, 2.24) is 0 Å². The SMILES string of the molecule is CC(C)(Cc1ccccc1O)OCCCCCCc1ccccc1. The Morgan fingerprint density at radius 1 is 0.833 bits per heavy atom. The van der Waals surface area contributed by atoms with E-state index in [1.165, 1.54) is 31.2 Å². The Kier molecular flexibility index (Phi) is 7.33. The molecule has 2 heteroatoms. The Labute approximate surface area is 146 Å². The standard InChI is InChI=1S/C22H30O2/c1-22(2,18-20-15-9-10-16-21(20)23)24-17-11-4-3-6-12-19-13-7-5-8-14-19/h5,7-10,13-16,23H,3-4,6,11-12,17-18H2,1-2H3. The molecule has 1 N–H and O–H groups in total. The van der Waals surface area contributed by atoms with Gasteiger partial charge in [0.05, 0.1) is 5.60 Å². The van der Waals surface area contributed by atoms with Crippen molar-refractivity contribution in [2.24, 2.45) is 0 Å². The van der Waals surface area contributed by atoms with Gasteiger partial charge in [-0.2, -0.15) is 0 Å².